The van der Waals surface area contributed by atoms with Crippen molar-refractivity contribution in [1.82, 2.24) is 0 Å². The molecule has 0 aliphatic heterocycles. The lowest BCUT2D eigenvalue weighted by Gasteiger charge is -2.18. The Morgan fingerprint density at radius 1 is 0.271 bits per heavy atom. The molecular weight excluding hydrogens is 865 g/mol. The zero-order valence-corrected chi connectivity index (χ0v) is 47.3. The molecule has 0 saturated carbocycles. The van der Waals surface area contributed by atoms with Gasteiger partial charge in [-0.1, -0.05) is 283 Å². The SMILES string of the molecule is CCCCCCCC/C=C/CCCCCCCCCC(=O)OC[C@H](COC(=O)CCCCCCCCCCCCCCCCCCCC)OC(=O)CCCCCCCCC/C=C/CCCCCCCC. The molecule has 1 atom stereocenters. The zero-order valence-electron chi connectivity index (χ0n) is 47.3. The van der Waals surface area contributed by atoms with Gasteiger partial charge in [0.25, 0.3) is 0 Å². The van der Waals surface area contributed by atoms with E-state index in [2.05, 4.69) is 45.1 Å². The molecule has 0 unspecified atom stereocenters. The highest BCUT2D eigenvalue weighted by atomic mass is 16.6. The average molecular weight is 986 g/mol. The second-order valence-electron chi connectivity index (χ2n) is 21.3. The number of carbonyl (C=O) groups is 3. The quantitative estimate of drug-likeness (QED) is 0.0261. The summed E-state index contributed by atoms with van der Waals surface area (Å²) >= 11 is 0. The van der Waals surface area contributed by atoms with E-state index in [1.165, 1.54) is 250 Å². The molecule has 0 aromatic heterocycles. The Kier molecular flexibility index (Phi) is 57.7. The molecule has 6 heteroatoms. The van der Waals surface area contributed by atoms with Crippen molar-refractivity contribution >= 4 is 17.9 Å². The first kappa shape index (κ1) is 67.9. The lowest BCUT2D eigenvalue weighted by Crippen LogP contribution is -2.30. The highest BCUT2D eigenvalue weighted by Gasteiger charge is 2.19. The molecule has 0 fully saturated rings. The molecule has 412 valence electrons. The lowest BCUT2D eigenvalue weighted by molar-refractivity contribution is -0.167. The van der Waals surface area contributed by atoms with E-state index < -0.39 is 6.10 Å². The fraction of sp³-hybridized carbons (Fsp3) is 0.891. The molecule has 0 N–H and O–H groups in total. The van der Waals surface area contributed by atoms with Gasteiger partial charge in [0, 0.05) is 19.3 Å². The number of allylic oxidation sites excluding steroid dienone is 4. The van der Waals surface area contributed by atoms with Crippen molar-refractivity contribution in [3.8, 4) is 0 Å². The van der Waals surface area contributed by atoms with Crippen molar-refractivity contribution in [1.29, 1.82) is 0 Å². The first-order chi connectivity index (χ1) is 34.5. The summed E-state index contributed by atoms with van der Waals surface area (Å²) in [5.41, 5.74) is 0. The van der Waals surface area contributed by atoms with E-state index in [0.717, 1.165) is 57.8 Å². The van der Waals surface area contributed by atoms with Crippen LogP contribution in [0, 0.1) is 0 Å². The monoisotopic (exact) mass is 985 g/mol. The van der Waals surface area contributed by atoms with Crippen LogP contribution in [0.2, 0.25) is 0 Å². The van der Waals surface area contributed by atoms with Gasteiger partial charge in [-0.15, -0.1) is 0 Å². The summed E-state index contributed by atoms with van der Waals surface area (Å²) in [5, 5.41) is 0. The number of hydrogen-bond donors (Lipinski definition) is 0. The van der Waals surface area contributed by atoms with Crippen molar-refractivity contribution in [3.05, 3.63) is 24.3 Å². The predicted octanol–water partition coefficient (Wildman–Crippen LogP) is 21.1. The fourth-order valence-electron chi connectivity index (χ4n) is 9.44. The number of unbranched alkanes of at least 4 members (excludes halogenated alkanes) is 43. The molecule has 6 nitrogen and oxygen atoms in total. The Labute approximate surface area is 436 Å². The zero-order chi connectivity index (χ0) is 50.7. The van der Waals surface area contributed by atoms with Crippen molar-refractivity contribution in [2.45, 2.75) is 354 Å². The molecule has 0 amide bonds. The molecule has 0 rings (SSSR count). The first-order valence-corrected chi connectivity index (χ1v) is 31.3. The molecule has 70 heavy (non-hydrogen) atoms. The largest absolute Gasteiger partial charge is 0.462 e. The Bertz CT molecular complexity index is 1130. The number of ether oxygens (including phenoxy) is 3. The second-order valence-corrected chi connectivity index (χ2v) is 21.3. The lowest BCUT2D eigenvalue weighted by atomic mass is 10.0. The van der Waals surface area contributed by atoms with Crippen molar-refractivity contribution in [2.75, 3.05) is 13.2 Å². The van der Waals surface area contributed by atoms with Crippen molar-refractivity contribution in [2.24, 2.45) is 0 Å². The van der Waals surface area contributed by atoms with Crippen LogP contribution in [0.15, 0.2) is 24.3 Å². The van der Waals surface area contributed by atoms with Gasteiger partial charge in [-0.2, -0.15) is 0 Å². The normalized spacial score (nSPS) is 12.1. The third-order valence-corrected chi connectivity index (χ3v) is 14.2. The summed E-state index contributed by atoms with van der Waals surface area (Å²) in [6, 6.07) is 0. The molecule has 0 bridgehead atoms. The van der Waals surface area contributed by atoms with E-state index in [9.17, 15) is 14.4 Å². The van der Waals surface area contributed by atoms with Crippen LogP contribution < -0.4 is 0 Å². The standard InChI is InChI=1S/C64H120O6/c1-4-7-10-13-16-19-22-25-28-31-34-36-39-42-45-48-51-54-57-63(66)69-60-61(70-64(67)58-55-52-49-46-43-40-37-33-30-27-24-21-18-15-12-9-6-3)59-68-62(65)56-53-50-47-44-41-38-35-32-29-26-23-20-17-14-11-8-5-2/h26-27,29-30,61H,4-25,28,31-60H2,1-3H3/b29-26+,30-27+/t61-/m1/s1. The molecule has 0 aromatic rings. The minimum absolute atomic E-state index is 0.0694. The van der Waals surface area contributed by atoms with Gasteiger partial charge in [0.1, 0.15) is 13.2 Å². The summed E-state index contributed by atoms with van der Waals surface area (Å²) in [4.78, 5) is 38.3. The van der Waals surface area contributed by atoms with E-state index in [-0.39, 0.29) is 31.1 Å². The van der Waals surface area contributed by atoms with Crippen LogP contribution >= 0.6 is 0 Å². The fourth-order valence-corrected chi connectivity index (χ4v) is 9.44. The Balaban J connectivity index is 4.33. The smallest absolute Gasteiger partial charge is 0.306 e. The van der Waals surface area contributed by atoms with Crippen LogP contribution in [-0.2, 0) is 28.6 Å². The van der Waals surface area contributed by atoms with E-state index in [0.29, 0.717) is 19.3 Å². The topological polar surface area (TPSA) is 78.9 Å². The second kappa shape index (κ2) is 59.5. The van der Waals surface area contributed by atoms with E-state index in [4.69, 9.17) is 14.2 Å². The minimum atomic E-state index is -0.772. The Morgan fingerprint density at radius 2 is 0.471 bits per heavy atom. The van der Waals surface area contributed by atoms with Crippen LogP contribution in [0.4, 0.5) is 0 Å². The summed E-state index contributed by atoms with van der Waals surface area (Å²) in [6.45, 7) is 6.69. The number of rotatable bonds is 58. The molecular formula is C64H120O6. The van der Waals surface area contributed by atoms with Crippen LogP contribution in [0.1, 0.15) is 348 Å². The summed E-state index contributed by atoms with van der Waals surface area (Å²) in [5.74, 6) is -0.853. The van der Waals surface area contributed by atoms with Gasteiger partial charge in [0.2, 0.25) is 0 Å². The Morgan fingerprint density at radius 3 is 0.714 bits per heavy atom. The van der Waals surface area contributed by atoms with E-state index >= 15 is 0 Å². The minimum Gasteiger partial charge on any atom is -0.462 e. The van der Waals surface area contributed by atoms with Crippen LogP contribution in [0.25, 0.3) is 0 Å². The number of esters is 3. The Hall–Kier alpha value is -2.11. The van der Waals surface area contributed by atoms with Gasteiger partial charge in [0.05, 0.1) is 0 Å². The first-order valence-electron chi connectivity index (χ1n) is 31.3. The van der Waals surface area contributed by atoms with Crippen LogP contribution in [0.5, 0.6) is 0 Å². The summed E-state index contributed by atoms with van der Waals surface area (Å²) < 4.78 is 16.9. The van der Waals surface area contributed by atoms with Gasteiger partial charge >= 0.3 is 17.9 Å². The maximum atomic E-state index is 12.9. The summed E-state index contributed by atoms with van der Waals surface area (Å²) in [7, 11) is 0. The van der Waals surface area contributed by atoms with Gasteiger partial charge in [-0.05, 0) is 70.6 Å². The highest BCUT2D eigenvalue weighted by molar-refractivity contribution is 5.71. The van der Waals surface area contributed by atoms with Crippen LogP contribution in [-0.4, -0.2) is 37.2 Å². The maximum Gasteiger partial charge on any atom is 0.306 e. The third kappa shape index (κ3) is 56.8. The molecule has 0 aromatic carbocycles. The maximum absolute atomic E-state index is 12.9. The van der Waals surface area contributed by atoms with Gasteiger partial charge < -0.3 is 14.2 Å². The van der Waals surface area contributed by atoms with Crippen LogP contribution in [0.3, 0.4) is 0 Å². The molecule has 0 spiro atoms. The number of hydrogen-bond acceptors (Lipinski definition) is 6. The van der Waals surface area contributed by atoms with Crippen molar-refractivity contribution < 1.29 is 28.6 Å². The molecule has 0 radical (unpaired) electrons. The average Bonchev–Trinajstić information content (AvgIpc) is 3.36. The van der Waals surface area contributed by atoms with Gasteiger partial charge in [-0.25, -0.2) is 0 Å². The third-order valence-electron chi connectivity index (χ3n) is 14.2. The number of carbonyl (C=O) groups excluding carboxylic acids is 3. The highest BCUT2D eigenvalue weighted by Crippen LogP contribution is 2.17. The van der Waals surface area contributed by atoms with E-state index in [1.807, 2.05) is 0 Å². The van der Waals surface area contributed by atoms with Gasteiger partial charge in [0.15, 0.2) is 6.10 Å². The summed E-state index contributed by atoms with van der Waals surface area (Å²) in [6.07, 6.45) is 70.3. The predicted molar refractivity (Wildman–Crippen MR) is 303 cm³/mol. The van der Waals surface area contributed by atoms with Gasteiger partial charge in [-0.3, -0.25) is 14.4 Å². The molecule has 0 heterocycles. The molecule has 0 saturated heterocycles. The van der Waals surface area contributed by atoms with Crippen molar-refractivity contribution in [3.63, 3.8) is 0 Å². The van der Waals surface area contributed by atoms with E-state index in [1.54, 1.807) is 0 Å². The molecule has 0 aliphatic rings. The molecule has 0 aliphatic carbocycles.